The van der Waals surface area contributed by atoms with E-state index in [1.165, 1.54) is 36.3 Å². The van der Waals surface area contributed by atoms with Crippen molar-refractivity contribution in [1.29, 1.82) is 0 Å². The number of aromatic nitrogens is 2. The molecule has 2 unspecified atom stereocenters. The van der Waals surface area contributed by atoms with Crippen molar-refractivity contribution in [3.05, 3.63) is 81.5 Å². The number of rotatable bonds is 16. The molecule has 3 heterocycles. The Kier molecular flexibility index (Phi) is 16.9. The van der Waals surface area contributed by atoms with E-state index in [9.17, 15) is 40.8 Å². The van der Waals surface area contributed by atoms with Crippen molar-refractivity contribution in [2.24, 2.45) is 17.6 Å². The van der Waals surface area contributed by atoms with Gasteiger partial charge in [0.2, 0.25) is 27.7 Å². The number of carbonyl (C=O) groups is 3. The van der Waals surface area contributed by atoms with Crippen LogP contribution in [0, 0.1) is 18.8 Å². The predicted molar refractivity (Wildman–Crippen MR) is 246 cm³/mol. The number of aryl methyl sites for hydroxylation is 1. The number of halogens is 3. The van der Waals surface area contributed by atoms with Crippen LogP contribution in [0.3, 0.4) is 0 Å². The Bertz CT molecular complexity index is 2500. The number of hydrogen-bond acceptors (Lipinski definition) is 11. The Morgan fingerprint density at radius 1 is 1.12 bits per heavy atom. The number of unbranched alkanes of at least 4 members (excludes halogenated alkanes) is 3. The van der Waals surface area contributed by atoms with Gasteiger partial charge in [0.1, 0.15) is 22.5 Å². The first-order valence-corrected chi connectivity index (χ1v) is 24.1. The van der Waals surface area contributed by atoms with Crippen LogP contribution in [0.15, 0.2) is 64.8 Å². The number of carbonyl (C=O) groups excluding carboxylic acids is 3. The van der Waals surface area contributed by atoms with Crippen molar-refractivity contribution >= 4 is 55.7 Å². The fourth-order valence-corrected chi connectivity index (χ4v) is 9.41. The Hall–Kier alpha value is -5.43. The van der Waals surface area contributed by atoms with Crippen molar-refractivity contribution in [2.45, 2.75) is 115 Å². The molecule has 14 nitrogen and oxygen atoms in total. The van der Waals surface area contributed by atoms with Gasteiger partial charge in [-0.1, -0.05) is 45.8 Å². The van der Waals surface area contributed by atoms with Crippen LogP contribution < -0.4 is 30.7 Å². The van der Waals surface area contributed by atoms with Gasteiger partial charge in [-0.05, 0) is 107 Å². The molecule has 3 aliphatic rings. The molecule has 3 atom stereocenters. The number of sulfonamides is 1. The lowest BCUT2D eigenvalue weighted by atomic mass is 10.1. The number of hydrogen-bond donors (Lipinski definition) is 4. The van der Waals surface area contributed by atoms with E-state index in [1.807, 2.05) is 18.4 Å². The molecule has 2 aliphatic carbocycles. The van der Waals surface area contributed by atoms with Crippen molar-refractivity contribution in [2.75, 3.05) is 25.5 Å². The average Bonchev–Trinajstić information content (AvgIpc) is 4.06. The Morgan fingerprint density at radius 2 is 1.83 bits per heavy atom. The van der Waals surface area contributed by atoms with Crippen LogP contribution in [0.1, 0.15) is 103 Å². The number of ether oxygens (including phenoxy) is 2. The summed E-state index contributed by atoms with van der Waals surface area (Å²) < 4.78 is 70.7. The number of fused-ring (bicyclic) bond motifs is 1. The molecule has 354 valence electrons. The van der Waals surface area contributed by atoms with Crippen LogP contribution >= 0.6 is 11.3 Å². The van der Waals surface area contributed by atoms with Crippen molar-refractivity contribution < 1.29 is 45.4 Å². The minimum atomic E-state index is -4.75. The summed E-state index contributed by atoms with van der Waals surface area (Å²) in [5, 5.41) is 6.34. The molecule has 2 aromatic carbocycles. The van der Waals surface area contributed by atoms with Gasteiger partial charge in [0, 0.05) is 40.5 Å². The third kappa shape index (κ3) is 13.8. The van der Waals surface area contributed by atoms with E-state index in [1.54, 1.807) is 37.5 Å². The highest BCUT2D eigenvalue weighted by atomic mass is 32.2. The number of benzene rings is 2. The van der Waals surface area contributed by atoms with E-state index in [0.717, 1.165) is 58.2 Å². The second kappa shape index (κ2) is 21.7. The van der Waals surface area contributed by atoms with Crippen molar-refractivity contribution in [3.8, 4) is 22.2 Å². The number of nitrogens with one attached hydrogen (secondary N) is 3. The molecular formula is C46H59F3N6O8S2. The number of H-pyrrole nitrogens is 1. The number of nitrogens with zero attached hydrogens (tertiary/aromatic N) is 2. The van der Waals surface area contributed by atoms with Crippen LogP contribution in [-0.4, -0.2) is 78.4 Å². The van der Waals surface area contributed by atoms with Crippen molar-refractivity contribution in [1.82, 2.24) is 19.6 Å². The highest BCUT2D eigenvalue weighted by Crippen LogP contribution is 2.44. The lowest BCUT2D eigenvalue weighted by Crippen LogP contribution is -2.45. The molecule has 0 spiro atoms. The monoisotopic (exact) mass is 944 g/mol. The zero-order valence-corrected chi connectivity index (χ0v) is 39.2. The molecule has 19 heteroatoms. The lowest BCUT2D eigenvalue weighted by Gasteiger charge is -2.22. The Morgan fingerprint density at radius 3 is 2.43 bits per heavy atom. The number of aromatic amines is 1. The quantitative estimate of drug-likeness (QED) is 0.0625. The standard InChI is InChI=1S/C17H18N2O2S.C15H25NO3S.C14H16F3N3O3/c1-9(2)13-8-22-17(19-13)12-7-14(20)11-5-6-15(21-4)10(3)16(11)18-12;1-3-4-5-6-7-8-12-11-13(12)14(17)16-20(18,19)15(2)9-10-15;15-14(16,17)23-10-5-3-9(4-6-10)19-8-12(21)20-7-1-2-11(20)13(18)22/h5-9H,1-4H3,(H,18,20);7-8,12-13H,3-6,9-11H2,1-2H3,(H,16,17);3-6,11,19H,1-2,7-8H2,(H2,18,22)/b;8-7-;/t;;11-/m..0/s1. The van der Waals surface area contributed by atoms with Gasteiger partial charge in [-0.3, -0.25) is 23.9 Å². The number of nitrogens with two attached hydrogens (primary N) is 1. The summed E-state index contributed by atoms with van der Waals surface area (Å²) >= 11 is 1.55. The number of methoxy groups -OCH3 is 1. The number of allylic oxidation sites excluding steroid dienone is 2. The first-order chi connectivity index (χ1) is 30.7. The highest BCUT2D eigenvalue weighted by Gasteiger charge is 2.52. The van der Waals surface area contributed by atoms with Crippen LogP contribution in [-0.2, 0) is 24.4 Å². The molecule has 65 heavy (non-hydrogen) atoms. The van der Waals surface area contributed by atoms with Crippen LogP contribution in [0.5, 0.6) is 11.5 Å². The SMILES string of the molecule is CCCCC/C=C\C1CC1C(=O)NS(=O)(=O)C1(C)CC1.COc1ccc2c(=O)cc(-c3nc(C(C)C)cs3)[nH]c2c1C.NC(=O)[C@@H]1CCCN1C(=O)CNc1ccc(OC(F)(F)F)cc1. The maximum atomic E-state index is 12.4. The highest BCUT2D eigenvalue weighted by molar-refractivity contribution is 7.91. The summed E-state index contributed by atoms with van der Waals surface area (Å²) in [7, 11) is -1.84. The van der Waals surface area contributed by atoms with Gasteiger partial charge >= 0.3 is 6.36 Å². The van der Waals surface area contributed by atoms with E-state index in [4.69, 9.17) is 10.5 Å². The Balaban J connectivity index is 0.000000184. The number of likely N-dealkylation sites (tertiary alicyclic amines) is 1. The maximum absolute atomic E-state index is 12.4. The topological polar surface area (TPSA) is 203 Å². The number of alkyl halides is 3. The second-order valence-corrected chi connectivity index (χ2v) is 20.1. The smallest absolute Gasteiger partial charge is 0.496 e. The normalized spacial score (nSPS) is 18.6. The Labute approximate surface area is 381 Å². The maximum Gasteiger partial charge on any atom is 0.573 e. The largest absolute Gasteiger partial charge is 0.573 e. The summed E-state index contributed by atoms with van der Waals surface area (Å²) in [5.74, 6) is -0.259. The molecule has 3 fully saturated rings. The average molecular weight is 945 g/mol. The molecule has 2 saturated carbocycles. The van der Waals surface area contributed by atoms with Gasteiger partial charge in [-0.15, -0.1) is 24.5 Å². The number of thiazole rings is 1. The van der Waals surface area contributed by atoms with Gasteiger partial charge in [0.25, 0.3) is 0 Å². The molecule has 5 N–H and O–H groups in total. The molecule has 1 aliphatic heterocycles. The summed E-state index contributed by atoms with van der Waals surface area (Å²) in [4.78, 5) is 57.0. The third-order valence-corrected chi connectivity index (χ3v) is 14.7. The number of amides is 3. The van der Waals surface area contributed by atoms with Gasteiger partial charge in [0.15, 0.2) is 5.43 Å². The van der Waals surface area contributed by atoms with Gasteiger partial charge in [-0.25, -0.2) is 13.4 Å². The first-order valence-electron chi connectivity index (χ1n) is 21.7. The third-order valence-electron chi connectivity index (χ3n) is 11.6. The predicted octanol–water partition coefficient (Wildman–Crippen LogP) is 8.32. The molecule has 2 aromatic heterocycles. The number of primary amides is 1. The van der Waals surface area contributed by atoms with Crippen LogP contribution in [0.25, 0.3) is 21.6 Å². The number of anilines is 1. The van der Waals surface area contributed by atoms with Gasteiger partial charge in [-0.2, -0.15) is 0 Å². The zero-order chi connectivity index (χ0) is 47.7. The molecule has 3 amide bonds. The number of pyridine rings is 1. The lowest BCUT2D eigenvalue weighted by molar-refractivity contribution is -0.274. The summed E-state index contributed by atoms with van der Waals surface area (Å²) in [5.41, 5.74) is 9.24. The van der Waals surface area contributed by atoms with Crippen LogP contribution in [0.2, 0.25) is 0 Å². The van der Waals surface area contributed by atoms with Gasteiger partial charge in [0.05, 0.1) is 35.3 Å². The summed E-state index contributed by atoms with van der Waals surface area (Å²) in [6.45, 7) is 10.4. The van der Waals surface area contributed by atoms with E-state index >= 15 is 0 Å². The van der Waals surface area contributed by atoms with Crippen molar-refractivity contribution in [3.63, 3.8) is 0 Å². The van der Waals surface area contributed by atoms with E-state index in [-0.39, 0.29) is 41.4 Å². The molecule has 4 aromatic rings. The van der Waals surface area contributed by atoms with E-state index in [0.29, 0.717) is 49.2 Å². The minimum absolute atomic E-state index is 0.00389. The van der Waals surface area contributed by atoms with E-state index in [2.05, 4.69) is 57.7 Å². The molecule has 7 rings (SSSR count). The molecule has 0 bridgehead atoms. The zero-order valence-electron chi connectivity index (χ0n) is 37.5. The summed E-state index contributed by atoms with van der Waals surface area (Å²) in [6, 6.07) is 9.67. The molecule has 0 radical (unpaired) electrons. The van der Waals surface area contributed by atoms with Crippen LogP contribution in [0.4, 0.5) is 18.9 Å². The molecular weight excluding hydrogens is 886 g/mol. The molecule has 1 saturated heterocycles. The fourth-order valence-electron chi connectivity index (χ4n) is 7.15. The van der Waals surface area contributed by atoms with E-state index < -0.39 is 33.1 Å². The second-order valence-electron chi connectivity index (χ2n) is 17.0. The summed E-state index contributed by atoms with van der Waals surface area (Å²) in [6.07, 6.45) is 7.48. The minimum Gasteiger partial charge on any atom is -0.496 e. The first kappa shape index (κ1) is 50.6. The van der Waals surface area contributed by atoms with Gasteiger partial charge < -0.3 is 30.4 Å². The fraction of sp³-hybridized carbons (Fsp3) is 0.500.